The molecule has 0 bridgehead atoms. The van der Waals surface area contributed by atoms with Crippen molar-refractivity contribution in [1.82, 2.24) is 9.78 Å². The molecule has 114 valence electrons. The molecule has 0 aliphatic heterocycles. The Morgan fingerprint density at radius 2 is 1.90 bits per heavy atom. The number of nitrogens with zero attached hydrogens (tertiary/aromatic N) is 2. The quantitative estimate of drug-likeness (QED) is 0.721. The van der Waals surface area contributed by atoms with E-state index in [1.807, 2.05) is 12.1 Å². The molecule has 1 aromatic carbocycles. The lowest BCUT2D eigenvalue weighted by atomic mass is 10.0. The maximum atomic E-state index is 6.33. The molecule has 2 N–H and O–H groups in total. The van der Waals surface area contributed by atoms with Gasteiger partial charge in [-0.15, -0.1) is 0 Å². The van der Waals surface area contributed by atoms with E-state index >= 15 is 0 Å². The number of benzene rings is 1. The van der Waals surface area contributed by atoms with Crippen LogP contribution < -0.4 is 5.73 Å². The molecule has 1 heterocycles. The first kappa shape index (κ1) is 16.7. The van der Waals surface area contributed by atoms with Crippen LogP contribution in [0.2, 0.25) is 0 Å². The SMILES string of the molecule is CCC(CC)n1ccc(CC(N)c2ccc(Br)cc2Br)n1. The topological polar surface area (TPSA) is 43.8 Å². The van der Waals surface area contributed by atoms with Crippen molar-refractivity contribution in [2.75, 3.05) is 0 Å². The smallest absolute Gasteiger partial charge is 0.0643 e. The molecule has 1 aromatic heterocycles. The van der Waals surface area contributed by atoms with Gasteiger partial charge in [0.25, 0.3) is 0 Å². The Balaban J connectivity index is 2.11. The summed E-state index contributed by atoms with van der Waals surface area (Å²) < 4.78 is 4.14. The van der Waals surface area contributed by atoms with Crippen LogP contribution in [0, 0.1) is 0 Å². The van der Waals surface area contributed by atoms with Crippen molar-refractivity contribution >= 4 is 31.9 Å². The standard InChI is InChI=1S/C16H21Br2N3/c1-3-13(4-2)21-8-7-12(20-21)10-16(19)14-6-5-11(17)9-15(14)18/h5-9,13,16H,3-4,10,19H2,1-2H3. The largest absolute Gasteiger partial charge is 0.324 e. The second-order valence-electron chi connectivity index (χ2n) is 5.23. The van der Waals surface area contributed by atoms with Crippen LogP contribution in [0.4, 0.5) is 0 Å². The van der Waals surface area contributed by atoms with E-state index in [0.29, 0.717) is 6.04 Å². The highest BCUT2D eigenvalue weighted by atomic mass is 79.9. The highest BCUT2D eigenvalue weighted by Crippen LogP contribution is 2.27. The van der Waals surface area contributed by atoms with Gasteiger partial charge in [0.05, 0.1) is 11.7 Å². The summed E-state index contributed by atoms with van der Waals surface area (Å²) in [5, 5.41) is 4.68. The zero-order valence-corrected chi connectivity index (χ0v) is 15.6. The van der Waals surface area contributed by atoms with E-state index in [1.165, 1.54) is 0 Å². The molecule has 1 unspecified atom stereocenters. The first-order valence-corrected chi connectivity index (χ1v) is 8.88. The summed E-state index contributed by atoms with van der Waals surface area (Å²) >= 11 is 7.04. The molecule has 0 radical (unpaired) electrons. The molecule has 0 fully saturated rings. The number of rotatable bonds is 6. The van der Waals surface area contributed by atoms with Gasteiger partial charge in [0, 0.05) is 27.6 Å². The highest BCUT2D eigenvalue weighted by molar-refractivity contribution is 9.11. The molecular formula is C16H21Br2N3. The fourth-order valence-corrected chi connectivity index (χ4v) is 3.83. The zero-order chi connectivity index (χ0) is 15.4. The summed E-state index contributed by atoms with van der Waals surface area (Å²) in [6.45, 7) is 4.39. The zero-order valence-electron chi connectivity index (χ0n) is 12.4. The molecule has 0 saturated heterocycles. The summed E-state index contributed by atoms with van der Waals surface area (Å²) in [4.78, 5) is 0. The van der Waals surface area contributed by atoms with Crippen molar-refractivity contribution in [1.29, 1.82) is 0 Å². The summed E-state index contributed by atoms with van der Waals surface area (Å²) in [6, 6.07) is 8.59. The average molecular weight is 415 g/mol. The number of hydrogen-bond donors (Lipinski definition) is 1. The third-order valence-corrected chi connectivity index (χ3v) is 4.95. The Labute approximate surface area is 143 Å². The molecule has 5 heteroatoms. The second kappa shape index (κ2) is 7.56. The van der Waals surface area contributed by atoms with Gasteiger partial charge in [0.2, 0.25) is 0 Å². The number of hydrogen-bond acceptors (Lipinski definition) is 2. The molecule has 2 aromatic rings. The van der Waals surface area contributed by atoms with Crippen LogP contribution in [0.25, 0.3) is 0 Å². The third-order valence-electron chi connectivity index (χ3n) is 3.77. The Morgan fingerprint density at radius 3 is 2.52 bits per heavy atom. The van der Waals surface area contributed by atoms with Crippen molar-refractivity contribution in [2.24, 2.45) is 5.73 Å². The molecule has 21 heavy (non-hydrogen) atoms. The highest BCUT2D eigenvalue weighted by Gasteiger charge is 2.14. The molecule has 0 aliphatic carbocycles. The predicted octanol–water partition coefficient (Wildman–Crippen LogP) is 5.01. The van der Waals surface area contributed by atoms with E-state index in [9.17, 15) is 0 Å². The molecule has 1 atom stereocenters. The van der Waals surface area contributed by atoms with Crippen LogP contribution in [0.3, 0.4) is 0 Å². The Bertz CT molecular complexity index is 591. The van der Waals surface area contributed by atoms with Gasteiger partial charge in [0.1, 0.15) is 0 Å². The lowest BCUT2D eigenvalue weighted by Crippen LogP contribution is -2.15. The van der Waals surface area contributed by atoms with Gasteiger partial charge >= 0.3 is 0 Å². The summed E-state index contributed by atoms with van der Waals surface area (Å²) in [5.41, 5.74) is 8.49. The predicted molar refractivity (Wildman–Crippen MR) is 94.3 cm³/mol. The summed E-state index contributed by atoms with van der Waals surface area (Å²) in [6.07, 6.45) is 5.01. The van der Waals surface area contributed by atoms with Crippen LogP contribution in [0.5, 0.6) is 0 Å². The Morgan fingerprint density at radius 1 is 1.19 bits per heavy atom. The van der Waals surface area contributed by atoms with E-state index in [-0.39, 0.29) is 6.04 Å². The van der Waals surface area contributed by atoms with Crippen LogP contribution >= 0.6 is 31.9 Å². The molecular weight excluding hydrogens is 394 g/mol. The van der Waals surface area contributed by atoms with Crippen LogP contribution in [0.1, 0.15) is 50.0 Å². The first-order chi connectivity index (χ1) is 10.0. The Hall–Kier alpha value is -0.650. The molecule has 0 saturated carbocycles. The van der Waals surface area contributed by atoms with E-state index in [4.69, 9.17) is 5.73 Å². The lowest BCUT2D eigenvalue weighted by molar-refractivity contribution is 0.424. The van der Waals surface area contributed by atoms with E-state index in [0.717, 1.165) is 39.5 Å². The molecule has 0 spiro atoms. The van der Waals surface area contributed by atoms with Crippen LogP contribution in [-0.2, 0) is 6.42 Å². The molecule has 3 nitrogen and oxygen atoms in total. The van der Waals surface area contributed by atoms with Gasteiger partial charge in [-0.2, -0.15) is 5.10 Å². The maximum absolute atomic E-state index is 6.33. The minimum Gasteiger partial charge on any atom is -0.324 e. The summed E-state index contributed by atoms with van der Waals surface area (Å²) in [7, 11) is 0. The van der Waals surface area contributed by atoms with Crippen molar-refractivity contribution in [3.05, 3.63) is 50.7 Å². The maximum Gasteiger partial charge on any atom is 0.0643 e. The van der Waals surface area contributed by atoms with Gasteiger partial charge in [-0.3, -0.25) is 4.68 Å². The van der Waals surface area contributed by atoms with Crippen molar-refractivity contribution in [3.63, 3.8) is 0 Å². The minimum atomic E-state index is -0.0578. The number of nitrogens with two attached hydrogens (primary N) is 1. The van der Waals surface area contributed by atoms with Gasteiger partial charge < -0.3 is 5.73 Å². The van der Waals surface area contributed by atoms with Gasteiger partial charge in [-0.05, 0) is 36.6 Å². The van der Waals surface area contributed by atoms with Crippen molar-refractivity contribution in [3.8, 4) is 0 Å². The molecule has 0 amide bonds. The Kier molecular flexibility index (Phi) is 6.02. The lowest BCUT2D eigenvalue weighted by Gasteiger charge is -2.14. The third kappa shape index (κ3) is 4.18. The fourth-order valence-electron chi connectivity index (χ4n) is 2.49. The van der Waals surface area contributed by atoms with Gasteiger partial charge in [-0.25, -0.2) is 0 Å². The van der Waals surface area contributed by atoms with Crippen molar-refractivity contribution < 1.29 is 0 Å². The van der Waals surface area contributed by atoms with Gasteiger partial charge in [-0.1, -0.05) is 51.8 Å². The van der Waals surface area contributed by atoms with E-state index in [1.54, 1.807) is 0 Å². The van der Waals surface area contributed by atoms with Gasteiger partial charge in [0.15, 0.2) is 0 Å². The van der Waals surface area contributed by atoms with E-state index in [2.05, 4.69) is 73.8 Å². The first-order valence-electron chi connectivity index (χ1n) is 7.29. The molecule has 0 aliphatic rings. The fraction of sp³-hybridized carbons (Fsp3) is 0.438. The summed E-state index contributed by atoms with van der Waals surface area (Å²) in [5.74, 6) is 0. The normalized spacial score (nSPS) is 12.9. The van der Waals surface area contributed by atoms with Crippen LogP contribution in [-0.4, -0.2) is 9.78 Å². The van der Waals surface area contributed by atoms with Crippen molar-refractivity contribution in [2.45, 2.75) is 45.2 Å². The molecule has 2 rings (SSSR count). The number of aromatic nitrogens is 2. The van der Waals surface area contributed by atoms with E-state index < -0.39 is 0 Å². The average Bonchev–Trinajstić information content (AvgIpc) is 2.88. The monoisotopic (exact) mass is 413 g/mol. The minimum absolute atomic E-state index is 0.0578. The number of halogens is 2. The van der Waals surface area contributed by atoms with Crippen LogP contribution in [0.15, 0.2) is 39.4 Å². The second-order valence-corrected chi connectivity index (χ2v) is 7.00.